The van der Waals surface area contributed by atoms with Gasteiger partial charge < -0.3 is 10.5 Å². The van der Waals surface area contributed by atoms with E-state index in [9.17, 15) is 0 Å². The fraction of sp³-hybridized carbons (Fsp3) is 0. The van der Waals surface area contributed by atoms with Crippen LogP contribution in [0.5, 0.6) is 11.5 Å². The quantitative estimate of drug-likeness (QED) is 0.757. The summed E-state index contributed by atoms with van der Waals surface area (Å²) in [4.78, 5) is 4.27. The molecule has 0 amide bonds. The Morgan fingerprint density at radius 1 is 1.00 bits per heavy atom. The van der Waals surface area contributed by atoms with Gasteiger partial charge in [0, 0.05) is 10.4 Å². The van der Waals surface area contributed by atoms with Crippen molar-refractivity contribution in [3.05, 3.63) is 59.8 Å². The molecule has 1 heterocycles. The van der Waals surface area contributed by atoms with Crippen LogP contribution in [0.25, 0.3) is 10.9 Å². The van der Waals surface area contributed by atoms with E-state index in [0.717, 1.165) is 10.9 Å². The molecular formula is C15H11ClN2O. The molecule has 2 N–H and O–H groups in total. The van der Waals surface area contributed by atoms with Gasteiger partial charge in [-0.1, -0.05) is 23.7 Å². The van der Waals surface area contributed by atoms with Gasteiger partial charge in [-0.25, -0.2) is 0 Å². The van der Waals surface area contributed by atoms with Crippen LogP contribution < -0.4 is 10.5 Å². The molecule has 94 valence electrons. The minimum atomic E-state index is 0.508. The van der Waals surface area contributed by atoms with E-state index < -0.39 is 0 Å². The van der Waals surface area contributed by atoms with Crippen LogP contribution >= 0.6 is 11.6 Å². The van der Waals surface area contributed by atoms with Crippen molar-refractivity contribution in [2.45, 2.75) is 0 Å². The Kier molecular flexibility index (Phi) is 2.97. The number of hydrogen-bond donors (Lipinski definition) is 1. The van der Waals surface area contributed by atoms with Gasteiger partial charge in [-0.3, -0.25) is 4.98 Å². The summed E-state index contributed by atoms with van der Waals surface area (Å²) in [5, 5.41) is 1.55. The first-order chi connectivity index (χ1) is 9.24. The van der Waals surface area contributed by atoms with Crippen LogP contribution in [0.2, 0.25) is 5.02 Å². The standard InChI is InChI=1S/C15H11ClN2O/c16-10-5-7-11(8-6-10)19-15-12-3-1-2-4-14(12)18-9-13(15)17/h1-9H,17H2. The number of para-hydroxylation sites is 1. The van der Waals surface area contributed by atoms with Gasteiger partial charge in [0.05, 0.1) is 17.4 Å². The van der Waals surface area contributed by atoms with Gasteiger partial charge in [0.25, 0.3) is 0 Å². The molecule has 0 saturated carbocycles. The number of nitrogens with two attached hydrogens (primary N) is 1. The van der Waals surface area contributed by atoms with Gasteiger partial charge in [-0.2, -0.15) is 0 Å². The number of nitrogen functional groups attached to an aromatic ring is 1. The highest BCUT2D eigenvalue weighted by Gasteiger charge is 2.08. The predicted octanol–water partition coefficient (Wildman–Crippen LogP) is 4.26. The Labute approximate surface area is 115 Å². The van der Waals surface area contributed by atoms with Crippen LogP contribution in [-0.2, 0) is 0 Å². The molecule has 0 spiro atoms. The van der Waals surface area contributed by atoms with E-state index in [1.165, 1.54) is 0 Å². The Hall–Kier alpha value is -2.26. The molecule has 1 aromatic heterocycles. The van der Waals surface area contributed by atoms with E-state index in [2.05, 4.69) is 4.98 Å². The Morgan fingerprint density at radius 3 is 2.53 bits per heavy atom. The highest BCUT2D eigenvalue weighted by molar-refractivity contribution is 6.30. The second kappa shape index (κ2) is 4.78. The Morgan fingerprint density at radius 2 is 1.74 bits per heavy atom. The number of pyridine rings is 1. The molecule has 3 aromatic rings. The number of hydrogen-bond acceptors (Lipinski definition) is 3. The predicted molar refractivity (Wildman–Crippen MR) is 77.7 cm³/mol. The summed E-state index contributed by atoms with van der Waals surface area (Å²) >= 11 is 5.85. The fourth-order valence-electron chi connectivity index (χ4n) is 1.87. The van der Waals surface area contributed by atoms with Crippen LogP contribution in [0.1, 0.15) is 0 Å². The molecule has 2 aromatic carbocycles. The highest BCUT2D eigenvalue weighted by atomic mass is 35.5. The Balaban J connectivity index is 2.09. The van der Waals surface area contributed by atoms with Crippen LogP contribution in [0.15, 0.2) is 54.7 Å². The average Bonchev–Trinajstić information content (AvgIpc) is 2.44. The van der Waals surface area contributed by atoms with Crippen LogP contribution in [0.4, 0.5) is 5.69 Å². The number of nitrogens with zero attached hydrogens (tertiary/aromatic N) is 1. The molecule has 0 atom stereocenters. The molecule has 19 heavy (non-hydrogen) atoms. The molecule has 3 rings (SSSR count). The topological polar surface area (TPSA) is 48.1 Å². The van der Waals surface area contributed by atoms with Gasteiger partial charge in [-0.05, 0) is 36.4 Å². The molecule has 0 fully saturated rings. The molecule has 0 aliphatic heterocycles. The molecule has 3 nitrogen and oxygen atoms in total. The Bertz CT molecular complexity index is 726. The van der Waals surface area contributed by atoms with Crippen molar-refractivity contribution in [1.82, 2.24) is 4.98 Å². The summed E-state index contributed by atoms with van der Waals surface area (Å²) in [6.45, 7) is 0. The number of rotatable bonds is 2. The van der Waals surface area contributed by atoms with Crippen molar-refractivity contribution in [1.29, 1.82) is 0 Å². The summed E-state index contributed by atoms with van der Waals surface area (Å²) in [6, 6.07) is 14.9. The van der Waals surface area contributed by atoms with Gasteiger partial charge in [0.1, 0.15) is 5.75 Å². The van der Waals surface area contributed by atoms with Crippen molar-refractivity contribution in [2.75, 3.05) is 5.73 Å². The minimum Gasteiger partial charge on any atom is -0.454 e. The smallest absolute Gasteiger partial charge is 0.161 e. The maximum Gasteiger partial charge on any atom is 0.161 e. The normalized spacial score (nSPS) is 10.6. The van der Waals surface area contributed by atoms with Crippen LogP contribution in [-0.4, -0.2) is 4.98 Å². The summed E-state index contributed by atoms with van der Waals surface area (Å²) in [5.41, 5.74) is 7.31. The van der Waals surface area contributed by atoms with E-state index in [0.29, 0.717) is 22.2 Å². The van der Waals surface area contributed by atoms with Gasteiger partial charge in [0.2, 0.25) is 0 Å². The van der Waals surface area contributed by atoms with Gasteiger partial charge in [-0.15, -0.1) is 0 Å². The molecule has 0 aliphatic carbocycles. The lowest BCUT2D eigenvalue weighted by Gasteiger charge is -2.11. The van der Waals surface area contributed by atoms with E-state index in [1.807, 2.05) is 24.3 Å². The lowest BCUT2D eigenvalue weighted by atomic mass is 10.2. The zero-order chi connectivity index (χ0) is 13.2. The van der Waals surface area contributed by atoms with E-state index >= 15 is 0 Å². The molecular weight excluding hydrogens is 260 g/mol. The largest absolute Gasteiger partial charge is 0.454 e. The number of aromatic nitrogens is 1. The zero-order valence-electron chi connectivity index (χ0n) is 10.0. The van der Waals surface area contributed by atoms with E-state index in [4.69, 9.17) is 22.1 Å². The minimum absolute atomic E-state index is 0.508. The third kappa shape index (κ3) is 2.33. The first-order valence-corrected chi connectivity index (χ1v) is 6.18. The molecule has 4 heteroatoms. The van der Waals surface area contributed by atoms with E-state index in [1.54, 1.807) is 30.5 Å². The first kappa shape index (κ1) is 11.8. The molecule has 0 radical (unpaired) electrons. The summed E-state index contributed by atoms with van der Waals surface area (Å²) in [7, 11) is 0. The number of benzene rings is 2. The number of ether oxygens (including phenoxy) is 1. The number of halogens is 1. The number of anilines is 1. The SMILES string of the molecule is Nc1cnc2ccccc2c1Oc1ccc(Cl)cc1. The lowest BCUT2D eigenvalue weighted by molar-refractivity contribution is 0.490. The van der Waals surface area contributed by atoms with Crippen molar-refractivity contribution in [3.63, 3.8) is 0 Å². The van der Waals surface area contributed by atoms with Gasteiger partial charge in [0.15, 0.2) is 5.75 Å². The highest BCUT2D eigenvalue weighted by Crippen LogP contribution is 2.34. The van der Waals surface area contributed by atoms with Crippen molar-refractivity contribution in [2.24, 2.45) is 0 Å². The summed E-state index contributed by atoms with van der Waals surface area (Å²) in [5.74, 6) is 1.31. The monoisotopic (exact) mass is 270 g/mol. The van der Waals surface area contributed by atoms with Crippen LogP contribution in [0.3, 0.4) is 0 Å². The van der Waals surface area contributed by atoms with E-state index in [-0.39, 0.29) is 0 Å². The summed E-state index contributed by atoms with van der Waals surface area (Å²) < 4.78 is 5.85. The summed E-state index contributed by atoms with van der Waals surface area (Å²) in [6.07, 6.45) is 1.60. The lowest BCUT2D eigenvalue weighted by Crippen LogP contribution is -1.94. The second-order valence-corrected chi connectivity index (χ2v) is 4.55. The van der Waals surface area contributed by atoms with Crippen molar-refractivity contribution in [3.8, 4) is 11.5 Å². The second-order valence-electron chi connectivity index (χ2n) is 4.12. The average molecular weight is 271 g/mol. The molecule has 0 aliphatic rings. The van der Waals surface area contributed by atoms with Crippen molar-refractivity contribution < 1.29 is 4.74 Å². The first-order valence-electron chi connectivity index (χ1n) is 5.81. The fourth-order valence-corrected chi connectivity index (χ4v) is 1.99. The molecule has 0 bridgehead atoms. The number of fused-ring (bicyclic) bond motifs is 1. The van der Waals surface area contributed by atoms with Crippen LogP contribution in [0, 0.1) is 0 Å². The third-order valence-electron chi connectivity index (χ3n) is 2.79. The van der Waals surface area contributed by atoms with Gasteiger partial charge >= 0.3 is 0 Å². The maximum atomic E-state index is 5.95. The molecule has 0 unspecified atom stereocenters. The molecule has 0 saturated heterocycles. The van der Waals surface area contributed by atoms with Crippen molar-refractivity contribution >= 4 is 28.2 Å². The maximum absolute atomic E-state index is 5.95. The zero-order valence-corrected chi connectivity index (χ0v) is 10.8. The third-order valence-corrected chi connectivity index (χ3v) is 3.04.